The molecule has 1 aromatic heterocycles. The molecule has 0 aliphatic carbocycles. The Morgan fingerprint density at radius 3 is 2.62 bits per heavy atom. The largest absolute Gasteiger partial charge is 0.496 e. The standard InChI is InChI=1S/C20H19NO4S/c1-13(19(22)21-12-15-8-3-5-9-16(15)24-2)25-20(23)18-11-14-7-4-6-10-17(14)26-18/h3-11,13H,12H2,1-2H3,(H,21,22)/t13-/m1/s1. The van der Waals surface area contributed by atoms with E-state index in [1.807, 2.05) is 48.5 Å². The minimum Gasteiger partial charge on any atom is -0.496 e. The van der Waals surface area contributed by atoms with Gasteiger partial charge in [0.1, 0.15) is 10.6 Å². The van der Waals surface area contributed by atoms with E-state index in [9.17, 15) is 9.59 Å². The Morgan fingerprint density at radius 2 is 1.85 bits per heavy atom. The van der Waals surface area contributed by atoms with E-state index in [4.69, 9.17) is 9.47 Å². The van der Waals surface area contributed by atoms with E-state index in [2.05, 4.69) is 5.32 Å². The zero-order valence-electron chi connectivity index (χ0n) is 14.5. The summed E-state index contributed by atoms with van der Waals surface area (Å²) in [6.45, 7) is 1.86. The molecule has 1 N–H and O–H groups in total. The van der Waals surface area contributed by atoms with Gasteiger partial charge in [-0.25, -0.2) is 4.79 Å². The summed E-state index contributed by atoms with van der Waals surface area (Å²) in [5.74, 6) is -0.153. The molecule has 0 unspecified atom stereocenters. The Morgan fingerprint density at radius 1 is 1.12 bits per heavy atom. The monoisotopic (exact) mass is 369 g/mol. The maximum Gasteiger partial charge on any atom is 0.349 e. The first-order valence-corrected chi connectivity index (χ1v) is 8.99. The van der Waals surface area contributed by atoms with Crippen LogP contribution in [0.3, 0.4) is 0 Å². The number of hydrogen-bond acceptors (Lipinski definition) is 5. The van der Waals surface area contributed by atoms with Crippen LogP contribution in [0.4, 0.5) is 0 Å². The van der Waals surface area contributed by atoms with Crippen molar-refractivity contribution in [2.75, 3.05) is 7.11 Å². The van der Waals surface area contributed by atoms with Crippen LogP contribution in [0.15, 0.2) is 54.6 Å². The fourth-order valence-corrected chi connectivity index (χ4v) is 3.48. The highest BCUT2D eigenvalue weighted by Crippen LogP contribution is 2.26. The minimum absolute atomic E-state index is 0.299. The van der Waals surface area contributed by atoms with E-state index in [1.54, 1.807) is 20.1 Å². The average molecular weight is 369 g/mol. The number of esters is 1. The number of nitrogens with one attached hydrogen (secondary N) is 1. The number of fused-ring (bicyclic) bond motifs is 1. The summed E-state index contributed by atoms with van der Waals surface area (Å²) in [4.78, 5) is 25.0. The number of carbonyl (C=O) groups is 2. The Kier molecular flexibility index (Phi) is 5.53. The van der Waals surface area contributed by atoms with Crippen molar-refractivity contribution in [2.45, 2.75) is 19.6 Å². The van der Waals surface area contributed by atoms with E-state index in [1.165, 1.54) is 11.3 Å². The lowest BCUT2D eigenvalue weighted by molar-refractivity contribution is -0.129. The molecule has 0 aliphatic rings. The first-order valence-electron chi connectivity index (χ1n) is 8.17. The third-order valence-corrected chi connectivity index (χ3v) is 5.02. The topological polar surface area (TPSA) is 64.6 Å². The van der Waals surface area contributed by atoms with Crippen LogP contribution in [0.1, 0.15) is 22.2 Å². The number of benzene rings is 2. The Labute approximate surface area is 155 Å². The van der Waals surface area contributed by atoms with Gasteiger partial charge in [0, 0.05) is 16.8 Å². The summed E-state index contributed by atoms with van der Waals surface area (Å²) < 4.78 is 11.6. The maximum atomic E-state index is 12.3. The van der Waals surface area contributed by atoms with Crippen LogP contribution in [-0.2, 0) is 16.1 Å². The Balaban J connectivity index is 1.59. The number of rotatable bonds is 6. The average Bonchev–Trinajstić information content (AvgIpc) is 3.10. The molecular weight excluding hydrogens is 350 g/mol. The minimum atomic E-state index is -0.887. The highest BCUT2D eigenvalue weighted by Gasteiger charge is 2.20. The van der Waals surface area contributed by atoms with Crippen molar-refractivity contribution in [1.29, 1.82) is 0 Å². The van der Waals surface area contributed by atoms with Crippen LogP contribution in [0.2, 0.25) is 0 Å². The van der Waals surface area contributed by atoms with Gasteiger partial charge in [0.2, 0.25) is 0 Å². The third kappa shape index (κ3) is 4.03. The van der Waals surface area contributed by atoms with Crippen LogP contribution in [0.5, 0.6) is 5.75 Å². The summed E-state index contributed by atoms with van der Waals surface area (Å²) in [7, 11) is 1.58. The van der Waals surface area contributed by atoms with Gasteiger partial charge in [0.25, 0.3) is 5.91 Å². The molecule has 2 aromatic carbocycles. The van der Waals surface area contributed by atoms with E-state index >= 15 is 0 Å². The predicted octanol–water partition coefficient (Wildman–Crippen LogP) is 3.77. The number of ether oxygens (including phenoxy) is 2. The van der Waals surface area contributed by atoms with Gasteiger partial charge in [-0.15, -0.1) is 11.3 Å². The highest BCUT2D eigenvalue weighted by atomic mass is 32.1. The van der Waals surface area contributed by atoms with Crippen molar-refractivity contribution in [3.8, 4) is 5.75 Å². The smallest absolute Gasteiger partial charge is 0.349 e. The summed E-state index contributed by atoms with van der Waals surface area (Å²) in [5.41, 5.74) is 0.853. The van der Waals surface area contributed by atoms with E-state index in [0.717, 1.165) is 15.6 Å². The van der Waals surface area contributed by atoms with Crippen LogP contribution >= 0.6 is 11.3 Å². The Bertz CT molecular complexity index is 901. The van der Waals surface area contributed by atoms with Crippen molar-refractivity contribution in [3.63, 3.8) is 0 Å². The molecule has 0 radical (unpaired) electrons. The molecule has 1 atom stereocenters. The lowest BCUT2D eigenvalue weighted by Crippen LogP contribution is -2.35. The van der Waals surface area contributed by atoms with Crippen molar-refractivity contribution in [3.05, 3.63) is 65.0 Å². The molecule has 134 valence electrons. The van der Waals surface area contributed by atoms with Gasteiger partial charge in [-0.1, -0.05) is 36.4 Å². The number of para-hydroxylation sites is 1. The van der Waals surface area contributed by atoms with Gasteiger partial charge < -0.3 is 14.8 Å². The van der Waals surface area contributed by atoms with Crippen LogP contribution in [-0.4, -0.2) is 25.1 Å². The lowest BCUT2D eigenvalue weighted by Gasteiger charge is -2.14. The molecule has 0 aliphatic heterocycles. The molecule has 5 nitrogen and oxygen atoms in total. The second kappa shape index (κ2) is 8.01. The van der Waals surface area contributed by atoms with Gasteiger partial charge in [0.05, 0.1) is 7.11 Å². The number of carbonyl (C=O) groups excluding carboxylic acids is 2. The molecule has 6 heteroatoms. The van der Waals surface area contributed by atoms with E-state index in [-0.39, 0.29) is 5.91 Å². The molecule has 1 amide bonds. The fourth-order valence-electron chi connectivity index (χ4n) is 2.53. The first-order chi connectivity index (χ1) is 12.6. The van der Waals surface area contributed by atoms with Crippen LogP contribution in [0, 0.1) is 0 Å². The number of hydrogen-bond donors (Lipinski definition) is 1. The molecule has 0 bridgehead atoms. The normalized spacial score (nSPS) is 11.8. The first kappa shape index (κ1) is 17.9. The summed E-state index contributed by atoms with van der Waals surface area (Å²) in [6.07, 6.45) is -0.887. The summed E-state index contributed by atoms with van der Waals surface area (Å²) in [6, 6.07) is 16.9. The number of thiophene rings is 1. The van der Waals surface area contributed by atoms with Gasteiger partial charge in [0.15, 0.2) is 6.10 Å². The van der Waals surface area contributed by atoms with Gasteiger partial charge >= 0.3 is 5.97 Å². The second-order valence-corrected chi connectivity index (χ2v) is 6.81. The van der Waals surface area contributed by atoms with Crippen molar-refractivity contribution < 1.29 is 19.1 Å². The highest BCUT2D eigenvalue weighted by molar-refractivity contribution is 7.20. The van der Waals surface area contributed by atoms with Gasteiger partial charge in [-0.05, 0) is 30.5 Å². The van der Waals surface area contributed by atoms with Gasteiger partial charge in [-0.2, -0.15) is 0 Å². The fraction of sp³-hybridized carbons (Fsp3) is 0.200. The molecule has 0 spiro atoms. The molecule has 1 heterocycles. The molecular formula is C20H19NO4S. The zero-order chi connectivity index (χ0) is 18.5. The van der Waals surface area contributed by atoms with Crippen LogP contribution < -0.4 is 10.1 Å². The maximum absolute atomic E-state index is 12.3. The molecule has 26 heavy (non-hydrogen) atoms. The predicted molar refractivity (Wildman–Crippen MR) is 102 cm³/mol. The number of methoxy groups -OCH3 is 1. The molecule has 0 fully saturated rings. The molecule has 3 rings (SSSR count). The van der Waals surface area contributed by atoms with Crippen molar-refractivity contribution in [1.82, 2.24) is 5.32 Å². The summed E-state index contributed by atoms with van der Waals surface area (Å²) >= 11 is 1.35. The third-order valence-electron chi connectivity index (χ3n) is 3.93. The Hall–Kier alpha value is -2.86. The quantitative estimate of drug-likeness (QED) is 0.672. The van der Waals surface area contributed by atoms with Crippen molar-refractivity contribution in [2.24, 2.45) is 0 Å². The SMILES string of the molecule is COc1ccccc1CNC(=O)[C@@H](C)OC(=O)c1cc2ccccc2s1. The van der Waals surface area contributed by atoms with Crippen LogP contribution in [0.25, 0.3) is 10.1 Å². The molecule has 0 saturated carbocycles. The zero-order valence-corrected chi connectivity index (χ0v) is 15.3. The van der Waals surface area contributed by atoms with E-state index < -0.39 is 12.1 Å². The summed E-state index contributed by atoms with van der Waals surface area (Å²) in [5, 5.41) is 3.75. The van der Waals surface area contributed by atoms with E-state index in [0.29, 0.717) is 17.2 Å². The number of amides is 1. The van der Waals surface area contributed by atoms with Gasteiger partial charge in [-0.3, -0.25) is 4.79 Å². The lowest BCUT2D eigenvalue weighted by atomic mass is 10.2. The molecule has 0 saturated heterocycles. The molecule has 3 aromatic rings. The second-order valence-electron chi connectivity index (χ2n) is 5.73. The van der Waals surface area contributed by atoms with Crippen molar-refractivity contribution >= 4 is 33.3 Å².